The van der Waals surface area contributed by atoms with Crippen molar-refractivity contribution in [2.45, 2.75) is 13.8 Å². The second-order valence-corrected chi connectivity index (χ2v) is 4.65. The standard InChI is InChI=1S/C12H22N6/c1-4-13-12-14-10(2)9-11(15-12)16-18-7-5-17(3)6-8-18/h9H,4-8H2,1-3H3,(H2,13,14,15,16). The number of nitrogens with zero attached hydrogens (tertiary/aromatic N) is 4. The van der Waals surface area contributed by atoms with Crippen LogP contribution in [0.4, 0.5) is 11.8 Å². The van der Waals surface area contributed by atoms with Crippen LogP contribution < -0.4 is 10.7 Å². The number of rotatable bonds is 4. The average Bonchev–Trinajstić information content (AvgIpc) is 2.32. The average molecular weight is 250 g/mol. The number of hydrazine groups is 1. The second-order valence-electron chi connectivity index (χ2n) is 4.65. The van der Waals surface area contributed by atoms with E-state index in [-0.39, 0.29) is 0 Å². The molecule has 1 aliphatic heterocycles. The summed E-state index contributed by atoms with van der Waals surface area (Å²) in [6.07, 6.45) is 0. The van der Waals surface area contributed by atoms with Crippen LogP contribution in [0.1, 0.15) is 12.6 Å². The molecule has 0 atom stereocenters. The third kappa shape index (κ3) is 3.54. The maximum atomic E-state index is 4.45. The molecule has 1 aromatic heterocycles. The monoisotopic (exact) mass is 250 g/mol. The van der Waals surface area contributed by atoms with E-state index in [1.165, 1.54) is 0 Å². The second kappa shape index (κ2) is 5.97. The van der Waals surface area contributed by atoms with Crippen LogP contribution in [0, 0.1) is 6.92 Å². The quantitative estimate of drug-likeness (QED) is 0.824. The molecule has 0 amide bonds. The SMILES string of the molecule is CCNc1nc(C)cc(NN2CCN(C)CC2)n1. The van der Waals surface area contributed by atoms with Crippen molar-refractivity contribution in [1.29, 1.82) is 0 Å². The molecule has 2 rings (SSSR count). The fraction of sp³-hybridized carbons (Fsp3) is 0.667. The number of hydrogen-bond acceptors (Lipinski definition) is 6. The van der Waals surface area contributed by atoms with Gasteiger partial charge in [-0.3, -0.25) is 0 Å². The van der Waals surface area contributed by atoms with Crippen LogP contribution in [0.25, 0.3) is 0 Å². The van der Waals surface area contributed by atoms with Crippen molar-refractivity contribution in [2.75, 3.05) is 50.5 Å². The van der Waals surface area contributed by atoms with E-state index >= 15 is 0 Å². The number of anilines is 2. The summed E-state index contributed by atoms with van der Waals surface area (Å²) in [7, 11) is 2.15. The van der Waals surface area contributed by atoms with Gasteiger partial charge in [0.1, 0.15) is 5.82 Å². The van der Waals surface area contributed by atoms with Crippen molar-refractivity contribution in [3.63, 3.8) is 0 Å². The van der Waals surface area contributed by atoms with Crippen LogP contribution in [0.5, 0.6) is 0 Å². The Balaban J connectivity index is 2.00. The molecular formula is C12H22N6. The van der Waals surface area contributed by atoms with E-state index in [1.54, 1.807) is 0 Å². The van der Waals surface area contributed by atoms with Gasteiger partial charge >= 0.3 is 0 Å². The van der Waals surface area contributed by atoms with Gasteiger partial charge in [-0.2, -0.15) is 4.98 Å². The van der Waals surface area contributed by atoms with Gasteiger partial charge in [-0.05, 0) is 20.9 Å². The van der Waals surface area contributed by atoms with Gasteiger partial charge < -0.3 is 15.6 Å². The van der Waals surface area contributed by atoms with Crippen LogP contribution in [0.2, 0.25) is 0 Å². The molecular weight excluding hydrogens is 228 g/mol. The predicted molar refractivity (Wildman–Crippen MR) is 73.6 cm³/mol. The van der Waals surface area contributed by atoms with E-state index in [2.05, 4.69) is 37.7 Å². The van der Waals surface area contributed by atoms with E-state index in [9.17, 15) is 0 Å². The first-order chi connectivity index (χ1) is 8.67. The topological polar surface area (TPSA) is 56.3 Å². The van der Waals surface area contributed by atoms with Crippen LogP contribution in [0.15, 0.2) is 6.07 Å². The summed E-state index contributed by atoms with van der Waals surface area (Å²) >= 11 is 0. The molecule has 1 saturated heterocycles. The Morgan fingerprint density at radius 3 is 2.61 bits per heavy atom. The van der Waals surface area contributed by atoms with Crippen molar-refractivity contribution < 1.29 is 0 Å². The molecule has 6 heteroatoms. The fourth-order valence-corrected chi connectivity index (χ4v) is 1.94. The van der Waals surface area contributed by atoms with Crippen molar-refractivity contribution in [3.05, 3.63) is 11.8 Å². The molecule has 2 heterocycles. The van der Waals surface area contributed by atoms with E-state index in [0.717, 1.165) is 44.2 Å². The minimum absolute atomic E-state index is 0.689. The lowest BCUT2D eigenvalue weighted by Gasteiger charge is -2.32. The van der Waals surface area contributed by atoms with Crippen molar-refractivity contribution in [2.24, 2.45) is 0 Å². The largest absolute Gasteiger partial charge is 0.354 e. The Hall–Kier alpha value is -1.40. The molecule has 0 saturated carbocycles. The summed E-state index contributed by atoms with van der Waals surface area (Å²) in [6, 6.07) is 1.97. The first-order valence-electron chi connectivity index (χ1n) is 6.47. The van der Waals surface area contributed by atoms with E-state index in [0.29, 0.717) is 5.95 Å². The summed E-state index contributed by atoms with van der Waals surface area (Å²) in [5.74, 6) is 1.55. The molecule has 0 aromatic carbocycles. The van der Waals surface area contributed by atoms with E-state index in [4.69, 9.17) is 0 Å². The molecule has 0 unspecified atom stereocenters. The molecule has 0 bridgehead atoms. The first kappa shape index (κ1) is 13.0. The van der Waals surface area contributed by atoms with Crippen molar-refractivity contribution in [3.8, 4) is 0 Å². The van der Waals surface area contributed by atoms with Gasteiger partial charge in [0.25, 0.3) is 0 Å². The number of aryl methyl sites for hydroxylation is 1. The van der Waals surface area contributed by atoms with E-state index in [1.807, 2.05) is 19.9 Å². The number of likely N-dealkylation sites (N-methyl/N-ethyl adjacent to an activating group) is 1. The van der Waals surface area contributed by atoms with Crippen LogP contribution in [-0.4, -0.2) is 59.6 Å². The molecule has 18 heavy (non-hydrogen) atoms. The zero-order chi connectivity index (χ0) is 13.0. The molecule has 0 radical (unpaired) electrons. The number of piperazine rings is 1. The van der Waals surface area contributed by atoms with Crippen LogP contribution in [0.3, 0.4) is 0 Å². The van der Waals surface area contributed by atoms with Crippen molar-refractivity contribution in [1.82, 2.24) is 19.9 Å². The summed E-state index contributed by atoms with van der Waals surface area (Å²) < 4.78 is 0. The van der Waals surface area contributed by atoms with Gasteiger partial charge in [0.2, 0.25) is 5.95 Å². The highest BCUT2D eigenvalue weighted by atomic mass is 15.5. The highest BCUT2D eigenvalue weighted by Crippen LogP contribution is 2.11. The van der Waals surface area contributed by atoms with Crippen LogP contribution in [-0.2, 0) is 0 Å². The first-order valence-corrected chi connectivity index (χ1v) is 6.47. The Kier molecular flexibility index (Phi) is 4.33. The maximum Gasteiger partial charge on any atom is 0.224 e. The molecule has 1 aromatic rings. The van der Waals surface area contributed by atoms with Crippen LogP contribution >= 0.6 is 0 Å². The van der Waals surface area contributed by atoms with E-state index < -0.39 is 0 Å². The summed E-state index contributed by atoms with van der Waals surface area (Å²) in [5, 5.41) is 5.35. The zero-order valence-corrected chi connectivity index (χ0v) is 11.4. The Morgan fingerprint density at radius 2 is 1.94 bits per heavy atom. The predicted octanol–water partition coefficient (Wildman–Crippen LogP) is 0.791. The van der Waals surface area contributed by atoms with Gasteiger partial charge in [0, 0.05) is 44.5 Å². The van der Waals surface area contributed by atoms with Gasteiger partial charge in [-0.1, -0.05) is 0 Å². The molecule has 2 N–H and O–H groups in total. The van der Waals surface area contributed by atoms with Gasteiger partial charge in [0.15, 0.2) is 0 Å². The lowest BCUT2D eigenvalue weighted by Crippen LogP contribution is -2.47. The zero-order valence-electron chi connectivity index (χ0n) is 11.4. The van der Waals surface area contributed by atoms with Gasteiger partial charge in [0.05, 0.1) is 0 Å². The Morgan fingerprint density at radius 1 is 1.22 bits per heavy atom. The molecule has 1 fully saturated rings. The summed E-state index contributed by atoms with van der Waals surface area (Å²) in [4.78, 5) is 11.1. The third-order valence-electron chi connectivity index (χ3n) is 2.97. The fourth-order valence-electron chi connectivity index (χ4n) is 1.94. The molecule has 1 aliphatic rings. The molecule has 6 nitrogen and oxygen atoms in total. The lowest BCUT2D eigenvalue weighted by atomic mass is 10.4. The maximum absolute atomic E-state index is 4.45. The minimum Gasteiger partial charge on any atom is -0.354 e. The molecule has 0 aliphatic carbocycles. The normalized spacial score (nSPS) is 17.7. The smallest absolute Gasteiger partial charge is 0.224 e. The lowest BCUT2D eigenvalue weighted by molar-refractivity contribution is 0.178. The molecule has 0 spiro atoms. The number of hydrogen-bond donors (Lipinski definition) is 2. The molecule has 100 valence electrons. The Labute approximate surface area is 108 Å². The summed E-state index contributed by atoms with van der Waals surface area (Å²) in [6.45, 7) is 9.04. The highest BCUT2D eigenvalue weighted by molar-refractivity contribution is 5.41. The number of nitrogens with one attached hydrogen (secondary N) is 2. The van der Waals surface area contributed by atoms with Gasteiger partial charge in [-0.25, -0.2) is 9.99 Å². The summed E-state index contributed by atoms with van der Waals surface area (Å²) in [5.41, 5.74) is 4.33. The minimum atomic E-state index is 0.689. The highest BCUT2D eigenvalue weighted by Gasteiger charge is 2.14. The van der Waals surface area contributed by atoms with Crippen molar-refractivity contribution >= 4 is 11.8 Å². The van der Waals surface area contributed by atoms with Gasteiger partial charge in [-0.15, -0.1) is 0 Å². The number of aromatic nitrogens is 2. The third-order valence-corrected chi connectivity index (χ3v) is 2.97. The Bertz CT molecular complexity index is 386.